The first kappa shape index (κ1) is 34.7. The Kier molecular flexibility index (Phi) is 9.94. The molecule has 0 spiro atoms. The smallest absolute Gasteiger partial charge is 0.254 e. The Bertz CT molecular complexity index is 2240. The van der Waals surface area contributed by atoms with Gasteiger partial charge < -0.3 is 12.4 Å². The molecule has 0 aliphatic heterocycles. The second-order valence-electron chi connectivity index (χ2n) is 13.9. The van der Waals surface area contributed by atoms with Crippen LogP contribution in [0.4, 0.5) is 0 Å². The van der Waals surface area contributed by atoms with Crippen LogP contribution in [0.3, 0.4) is 0 Å². The Labute approximate surface area is 314 Å². The quantitative estimate of drug-likeness (QED) is 0.111. The molecule has 2 heterocycles. The third kappa shape index (κ3) is 6.59. The number of imidazole rings is 1. The molecular weight excluding hydrogens is 652 g/mol. The van der Waals surface area contributed by atoms with E-state index in [0.29, 0.717) is 0 Å². The molecule has 0 saturated heterocycles. The van der Waals surface area contributed by atoms with Gasteiger partial charge in [0, 0.05) is 28.5 Å². The van der Waals surface area contributed by atoms with E-state index in [1.165, 1.54) is 72.6 Å². The fourth-order valence-corrected chi connectivity index (χ4v) is 8.24. The number of aromatic nitrogens is 2. The molecule has 0 aliphatic rings. The van der Waals surface area contributed by atoms with Crippen LogP contribution in [0.2, 0.25) is 0 Å². The van der Waals surface area contributed by atoms with Crippen LogP contribution in [-0.4, -0.2) is 4.40 Å². The van der Waals surface area contributed by atoms with Gasteiger partial charge in [-0.1, -0.05) is 163 Å². The van der Waals surface area contributed by atoms with Gasteiger partial charge in [-0.15, -0.1) is 0 Å². The Balaban J connectivity index is 0.00000420. The highest BCUT2D eigenvalue weighted by atomic mass is 35.5. The second-order valence-corrected chi connectivity index (χ2v) is 13.9. The van der Waals surface area contributed by atoms with Gasteiger partial charge in [-0.2, -0.15) is 4.40 Å². The Morgan fingerprint density at radius 3 is 1.29 bits per heavy atom. The molecule has 0 atom stereocenters. The van der Waals surface area contributed by atoms with E-state index in [1.54, 1.807) is 0 Å². The SMILES string of the molecule is Cc1cc(C)c(-c2cccc3c[n+](-c4c(C(c5ccccc5)c5ccccc5)cc(C)cc4C(c4ccccc4)c4ccccc4)cn23)c(C)c1.[Cl-]. The third-order valence-corrected chi connectivity index (χ3v) is 10.2. The maximum atomic E-state index is 2.42. The van der Waals surface area contributed by atoms with Gasteiger partial charge in [0.05, 0.1) is 0 Å². The van der Waals surface area contributed by atoms with Gasteiger partial charge in [0.2, 0.25) is 0 Å². The van der Waals surface area contributed by atoms with Gasteiger partial charge >= 0.3 is 0 Å². The molecule has 6 aromatic carbocycles. The molecule has 52 heavy (non-hydrogen) atoms. The molecule has 8 aromatic rings. The number of aryl methyl sites for hydroxylation is 4. The first-order chi connectivity index (χ1) is 25.0. The topological polar surface area (TPSA) is 8.29 Å². The second kappa shape index (κ2) is 14.9. The summed E-state index contributed by atoms with van der Waals surface area (Å²) in [6, 6.07) is 60.1. The number of rotatable bonds is 8. The van der Waals surface area contributed by atoms with Gasteiger partial charge in [-0.3, -0.25) is 0 Å². The summed E-state index contributed by atoms with van der Waals surface area (Å²) in [7, 11) is 0. The van der Waals surface area contributed by atoms with Crippen LogP contribution in [0.25, 0.3) is 22.5 Å². The molecule has 0 fully saturated rings. The van der Waals surface area contributed by atoms with Gasteiger partial charge in [0.15, 0.2) is 5.52 Å². The molecule has 2 aromatic heterocycles. The first-order valence-electron chi connectivity index (χ1n) is 17.9. The van der Waals surface area contributed by atoms with E-state index in [1.807, 2.05) is 0 Å². The predicted octanol–water partition coefficient (Wildman–Crippen LogP) is 8.48. The summed E-state index contributed by atoms with van der Waals surface area (Å²) >= 11 is 0. The number of fused-ring (bicyclic) bond motifs is 1. The third-order valence-electron chi connectivity index (χ3n) is 10.2. The standard InChI is InChI=1S/C49H43N2.ClH/c1-34-28-36(3)46(37(4)29-34)45-27-17-26-42-32-50(33-51(42)45)49-43(47(38-18-9-5-10-19-38)39-20-11-6-12-21-39)30-35(2)31-44(49)48(40-22-13-7-14-23-40)41-24-15-8-16-25-41;/h5-33,47-48H,1-4H3;1H/q+1;/p-1. The van der Waals surface area contributed by atoms with Gasteiger partial charge in [-0.25, -0.2) is 4.57 Å². The average molecular weight is 695 g/mol. The van der Waals surface area contributed by atoms with Crippen molar-refractivity contribution in [2.24, 2.45) is 0 Å². The van der Waals surface area contributed by atoms with Gasteiger partial charge in [-0.05, 0) is 73.2 Å². The van der Waals surface area contributed by atoms with Crippen molar-refractivity contribution in [3.05, 3.63) is 232 Å². The maximum Gasteiger partial charge on any atom is 0.254 e. The molecule has 0 bridgehead atoms. The van der Waals surface area contributed by atoms with Crippen molar-refractivity contribution < 1.29 is 17.0 Å². The van der Waals surface area contributed by atoms with Crippen LogP contribution in [-0.2, 0) is 0 Å². The van der Waals surface area contributed by atoms with Crippen molar-refractivity contribution in [3.8, 4) is 16.9 Å². The zero-order valence-corrected chi connectivity index (χ0v) is 30.9. The lowest BCUT2D eigenvalue weighted by molar-refractivity contribution is -0.595. The van der Waals surface area contributed by atoms with Crippen molar-refractivity contribution in [3.63, 3.8) is 0 Å². The molecule has 256 valence electrons. The molecule has 0 saturated carbocycles. The minimum Gasteiger partial charge on any atom is -1.00 e. The van der Waals surface area contributed by atoms with Crippen LogP contribution >= 0.6 is 0 Å². The lowest BCUT2D eigenvalue weighted by atomic mass is 9.78. The summed E-state index contributed by atoms with van der Waals surface area (Å²) < 4.78 is 4.78. The zero-order chi connectivity index (χ0) is 34.9. The number of hydrogen-bond acceptors (Lipinski definition) is 0. The molecule has 0 N–H and O–H groups in total. The largest absolute Gasteiger partial charge is 1.00 e. The van der Waals surface area contributed by atoms with Crippen molar-refractivity contribution in [1.29, 1.82) is 0 Å². The van der Waals surface area contributed by atoms with Crippen LogP contribution in [0.5, 0.6) is 0 Å². The Hall–Kier alpha value is -5.70. The number of benzene rings is 6. The summed E-state index contributed by atoms with van der Waals surface area (Å²) in [5.74, 6) is 0.0367. The molecule has 0 unspecified atom stereocenters. The number of hydrogen-bond donors (Lipinski definition) is 0. The van der Waals surface area contributed by atoms with Crippen LogP contribution in [0.1, 0.15) is 67.5 Å². The molecule has 3 heteroatoms. The van der Waals surface area contributed by atoms with Crippen molar-refractivity contribution >= 4 is 5.52 Å². The number of pyridine rings is 1. The summed E-state index contributed by atoms with van der Waals surface area (Å²) in [6.07, 6.45) is 4.63. The average Bonchev–Trinajstić information content (AvgIpc) is 3.58. The lowest BCUT2D eigenvalue weighted by Crippen LogP contribution is -3.00. The van der Waals surface area contributed by atoms with Crippen LogP contribution < -0.4 is 17.0 Å². The highest BCUT2D eigenvalue weighted by Crippen LogP contribution is 2.42. The summed E-state index contributed by atoms with van der Waals surface area (Å²) in [4.78, 5) is 0. The summed E-state index contributed by atoms with van der Waals surface area (Å²) in [5, 5.41) is 0. The fourth-order valence-electron chi connectivity index (χ4n) is 8.24. The maximum absolute atomic E-state index is 2.42. The van der Waals surface area contributed by atoms with E-state index in [4.69, 9.17) is 0 Å². The molecule has 0 aliphatic carbocycles. The predicted molar refractivity (Wildman–Crippen MR) is 211 cm³/mol. The minimum absolute atomic E-state index is 0. The number of nitrogens with zero attached hydrogens (tertiary/aromatic N) is 2. The lowest BCUT2D eigenvalue weighted by Gasteiger charge is -2.26. The van der Waals surface area contributed by atoms with E-state index in [2.05, 4.69) is 213 Å². The van der Waals surface area contributed by atoms with Crippen molar-refractivity contribution in [2.75, 3.05) is 0 Å². The molecule has 2 nitrogen and oxygen atoms in total. The van der Waals surface area contributed by atoms with Crippen LogP contribution in [0, 0.1) is 27.7 Å². The highest BCUT2D eigenvalue weighted by molar-refractivity contribution is 5.71. The van der Waals surface area contributed by atoms with Gasteiger partial charge in [0.25, 0.3) is 6.33 Å². The first-order valence-corrected chi connectivity index (χ1v) is 17.9. The zero-order valence-electron chi connectivity index (χ0n) is 30.2. The van der Waals surface area contributed by atoms with Crippen molar-refractivity contribution in [2.45, 2.75) is 39.5 Å². The van der Waals surface area contributed by atoms with Gasteiger partial charge in [0.1, 0.15) is 17.6 Å². The summed E-state index contributed by atoms with van der Waals surface area (Å²) in [6.45, 7) is 8.89. The Morgan fingerprint density at radius 1 is 0.462 bits per heavy atom. The van der Waals surface area contributed by atoms with Crippen molar-refractivity contribution in [1.82, 2.24) is 4.40 Å². The van der Waals surface area contributed by atoms with Crippen LogP contribution in [0.15, 0.2) is 176 Å². The van der Waals surface area contributed by atoms with E-state index in [-0.39, 0.29) is 24.2 Å². The van der Waals surface area contributed by atoms with E-state index in [9.17, 15) is 0 Å². The monoisotopic (exact) mass is 694 g/mol. The van der Waals surface area contributed by atoms with E-state index < -0.39 is 0 Å². The normalized spacial score (nSPS) is 11.3. The van der Waals surface area contributed by atoms with E-state index in [0.717, 1.165) is 5.52 Å². The Morgan fingerprint density at radius 2 is 0.865 bits per heavy atom. The summed E-state index contributed by atoms with van der Waals surface area (Å²) in [5.41, 5.74) is 17.6. The molecular formula is C49H43ClN2. The fraction of sp³-hybridized carbons (Fsp3) is 0.122. The highest BCUT2D eigenvalue weighted by Gasteiger charge is 2.31. The number of halogens is 1. The molecule has 8 rings (SSSR count). The van der Waals surface area contributed by atoms with E-state index >= 15 is 0 Å². The molecule has 0 radical (unpaired) electrons. The minimum atomic E-state index is 0. The molecule has 0 amide bonds.